The molecule has 0 aliphatic carbocycles. The lowest BCUT2D eigenvalue weighted by Gasteiger charge is -2.33. The maximum absolute atomic E-state index is 2.57. The van der Waals surface area contributed by atoms with E-state index in [1.54, 1.807) is 54.1 Å². The lowest BCUT2D eigenvalue weighted by Crippen LogP contribution is -2.18. The van der Waals surface area contributed by atoms with Gasteiger partial charge in [-0.3, -0.25) is 0 Å². The van der Waals surface area contributed by atoms with Gasteiger partial charge in [-0.15, -0.1) is 0 Å². The standard InChI is InChI=1S/C47H43P3/c1-30-27-38(42-32(3)46(5)28-49(42)44(36-23-15-9-16-24-36)39(46)34-19-11-7-12-20-34)48-41(31(30)2)43-33(4)47(6)29-50(43)45(37-25-17-10-18-26-37)40(47)35-21-13-8-14-22-35/h7-27H,28-29H2,1-6H3. The third-order valence-electron chi connectivity index (χ3n) is 12.2. The summed E-state index contributed by atoms with van der Waals surface area (Å²) in [5.41, 5.74) is 14.9. The van der Waals surface area contributed by atoms with Gasteiger partial charge in [-0.1, -0.05) is 155 Å². The van der Waals surface area contributed by atoms with E-state index in [1.165, 1.54) is 53.9 Å². The van der Waals surface area contributed by atoms with Crippen LogP contribution in [0.25, 0.3) is 32.4 Å². The second kappa shape index (κ2) is 12.0. The van der Waals surface area contributed by atoms with E-state index < -0.39 is 15.8 Å². The van der Waals surface area contributed by atoms with Gasteiger partial charge in [0.1, 0.15) is 0 Å². The van der Waals surface area contributed by atoms with Crippen LogP contribution in [0.1, 0.15) is 71.7 Å². The second-order valence-corrected chi connectivity index (χ2v) is 20.3. The molecule has 1 aromatic heterocycles. The zero-order valence-electron chi connectivity index (χ0n) is 29.9. The van der Waals surface area contributed by atoms with Crippen LogP contribution in [0.3, 0.4) is 0 Å². The van der Waals surface area contributed by atoms with E-state index in [0.717, 1.165) is 0 Å². The normalized spacial score (nSPS) is 25.6. The Bertz CT molecular complexity index is 2310. The summed E-state index contributed by atoms with van der Waals surface area (Å²) in [5.74, 6) is 0. The first-order valence-corrected chi connectivity index (χ1v) is 21.8. The van der Waals surface area contributed by atoms with Gasteiger partial charge >= 0.3 is 0 Å². The highest BCUT2D eigenvalue weighted by molar-refractivity contribution is 7.81. The van der Waals surface area contributed by atoms with E-state index in [2.05, 4.69) is 169 Å². The van der Waals surface area contributed by atoms with Crippen molar-refractivity contribution in [1.29, 1.82) is 0 Å². The van der Waals surface area contributed by atoms with Crippen molar-refractivity contribution in [2.75, 3.05) is 12.3 Å². The van der Waals surface area contributed by atoms with Crippen LogP contribution in [-0.2, 0) is 0 Å². The fraction of sp³-hybridized carbons (Fsp3) is 0.213. The monoisotopic (exact) mass is 700 g/mol. The van der Waals surface area contributed by atoms with Crippen LogP contribution in [-0.4, -0.2) is 12.3 Å². The number of fused-ring (bicyclic) bond motifs is 4. The van der Waals surface area contributed by atoms with E-state index in [9.17, 15) is 0 Å². The fourth-order valence-corrected chi connectivity index (χ4v) is 19.1. The minimum absolute atomic E-state index is 0.0402. The van der Waals surface area contributed by atoms with Crippen molar-refractivity contribution >= 4 is 56.4 Å². The molecule has 0 spiro atoms. The Balaban J connectivity index is 1.22. The molecule has 0 radical (unpaired) electrons. The molecule has 4 unspecified atom stereocenters. The molecule has 4 aliphatic heterocycles. The maximum Gasteiger partial charge on any atom is 0.0198 e. The average molecular weight is 701 g/mol. The molecule has 3 heteroatoms. The summed E-state index contributed by atoms with van der Waals surface area (Å²) in [6, 6.07) is 47.7. The number of allylic oxidation sites excluding steroid dienone is 4. The number of hydrogen-bond donors (Lipinski definition) is 0. The molecule has 4 aromatic carbocycles. The molecule has 0 fully saturated rings. The molecule has 9 rings (SSSR count). The molecule has 0 nitrogen and oxygen atoms in total. The Kier molecular flexibility index (Phi) is 7.72. The van der Waals surface area contributed by atoms with Crippen LogP contribution >= 0.6 is 24.0 Å². The lowest BCUT2D eigenvalue weighted by molar-refractivity contribution is 0.632. The summed E-state index contributed by atoms with van der Waals surface area (Å²) in [7, 11) is 0.403. The van der Waals surface area contributed by atoms with Crippen LogP contribution in [0, 0.1) is 24.7 Å². The van der Waals surface area contributed by atoms with Crippen LogP contribution in [0.2, 0.25) is 0 Å². The molecule has 246 valence electrons. The number of benzene rings is 4. The molecule has 0 amide bonds. The smallest absolute Gasteiger partial charge is 0.0198 e. The van der Waals surface area contributed by atoms with Crippen molar-refractivity contribution in [2.24, 2.45) is 10.8 Å². The Labute approximate surface area is 302 Å². The third kappa shape index (κ3) is 4.62. The fourth-order valence-electron chi connectivity index (χ4n) is 9.30. The van der Waals surface area contributed by atoms with E-state index in [-0.39, 0.29) is 10.8 Å². The summed E-state index contributed by atoms with van der Waals surface area (Å²) in [6.45, 7) is 14.8. The van der Waals surface area contributed by atoms with Crippen LogP contribution < -0.4 is 0 Å². The van der Waals surface area contributed by atoms with Crippen molar-refractivity contribution in [2.45, 2.75) is 41.5 Å². The van der Waals surface area contributed by atoms with E-state index in [0.29, 0.717) is 0 Å². The molecule has 50 heavy (non-hydrogen) atoms. The van der Waals surface area contributed by atoms with Crippen molar-refractivity contribution < 1.29 is 0 Å². The summed E-state index contributed by atoms with van der Waals surface area (Å²) in [5, 5.41) is 9.68. The van der Waals surface area contributed by atoms with Gasteiger partial charge < -0.3 is 0 Å². The van der Waals surface area contributed by atoms with Crippen molar-refractivity contribution in [3.05, 3.63) is 183 Å². The molecule has 0 saturated heterocycles. The maximum atomic E-state index is 2.57. The average Bonchev–Trinajstić information content (AvgIpc) is 3.80. The molecule has 5 aromatic rings. The first-order chi connectivity index (χ1) is 24.2. The minimum Gasteiger partial charge on any atom is -0.0622 e. The van der Waals surface area contributed by atoms with Gasteiger partial charge in [0.25, 0.3) is 0 Å². The summed E-state index contributed by atoms with van der Waals surface area (Å²) < 4.78 is 0. The summed E-state index contributed by atoms with van der Waals surface area (Å²) in [6.07, 6.45) is 2.44. The Morgan fingerprint density at radius 2 is 0.860 bits per heavy atom. The van der Waals surface area contributed by atoms with Gasteiger partial charge in [-0.2, -0.15) is 0 Å². The zero-order chi connectivity index (χ0) is 34.4. The molecule has 4 aliphatic rings. The number of hydrogen-bond acceptors (Lipinski definition) is 0. The quantitative estimate of drug-likeness (QED) is 0.155. The highest BCUT2D eigenvalue weighted by atomic mass is 31.1. The van der Waals surface area contributed by atoms with Gasteiger partial charge in [0.15, 0.2) is 0 Å². The molecular formula is C47H43P3. The van der Waals surface area contributed by atoms with Gasteiger partial charge in [-0.05, 0) is 128 Å². The SMILES string of the molecule is CC1=C(c2cc(C)c(C)c(C3=C(C)C4(C)CP3C(c3ccccc3)=C4c3ccccc3)p2)P2CC1(C)C(c1ccccc1)=C2c1ccccc1. The molecule has 0 saturated carbocycles. The van der Waals surface area contributed by atoms with Crippen molar-refractivity contribution in [1.82, 2.24) is 0 Å². The van der Waals surface area contributed by atoms with Gasteiger partial charge in [0.05, 0.1) is 0 Å². The van der Waals surface area contributed by atoms with Gasteiger partial charge in [0, 0.05) is 21.4 Å². The van der Waals surface area contributed by atoms with Gasteiger partial charge in [0.2, 0.25) is 0 Å². The predicted octanol–water partition coefficient (Wildman–Crippen LogP) is 14.5. The Hall–Kier alpha value is -3.65. The van der Waals surface area contributed by atoms with Gasteiger partial charge in [-0.25, -0.2) is 0 Å². The Morgan fingerprint density at radius 1 is 0.480 bits per heavy atom. The minimum atomic E-state index is -0.498. The number of rotatable bonds is 6. The van der Waals surface area contributed by atoms with E-state index >= 15 is 0 Å². The van der Waals surface area contributed by atoms with E-state index in [4.69, 9.17) is 0 Å². The largest absolute Gasteiger partial charge is 0.0622 e. The van der Waals surface area contributed by atoms with Crippen molar-refractivity contribution in [3.63, 3.8) is 0 Å². The number of aryl methyl sites for hydroxylation is 1. The molecule has 4 atom stereocenters. The Morgan fingerprint density at radius 3 is 1.30 bits per heavy atom. The van der Waals surface area contributed by atoms with E-state index in [1.807, 2.05) is 0 Å². The first-order valence-electron chi connectivity index (χ1n) is 17.9. The highest BCUT2D eigenvalue weighted by Gasteiger charge is 2.54. The van der Waals surface area contributed by atoms with Crippen LogP contribution in [0.5, 0.6) is 0 Å². The van der Waals surface area contributed by atoms with Crippen LogP contribution in [0.4, 0.5) is 0 Å². The highest BCUT2D eigenvalue weighted by Crippen LogP contribution is 2.83. The molecule has 0 N–H and O–H groups in total. The lowest BCUT2D eigenvalue weighted by atomic mass is 9.74. The summed E-state index contributed by atoms with van der Waals surface area (Å²) in [4.78, 5) is 0. The molecular weight excluding hydrogens is 657 g/mol. The summed E-state index contributed by atoms with van der Waals surface area (Å²) >= 11 is 0. The predicted molar refractivity (Wildman–Crippen MR) is 223 cm³/mol. The molecule has 5 heterocycles. The third-order valence-corrected chi connectivity index (χ3v) is 20.1. The van der Waals surface area contributed by atoms with Crippen LogP contribution in [0.15, 0.2) is 139 Å². The zero-order valence-corrected chi connectivity index (χ0v) is 32.6. The molecule has 4 bridgehead atoms. The first kappa shape index (κ1) is 32.3. The second-order valence-electron chi connectivity index (χ2n) is 15.0. The van der Waals surface area contributed by atoms with Crippen molar-refractivity contribution in [3.8, 4) is 0 Å². The topological polar surface area (TPSA) is 0 Å².